The van der Waals surface area contributed by atoms with E-state index in [1.54, 1.807) is 0 Å². The molecule has 0 aliphatic carbocycles. The standard InChI is InChI=1S/C25H20N3O4/c29-25-20-3-1-2-4-21(20)28-12-7-18(24(28)26-25)14-27-10-8-19(9-11-27)30-15-17-5-6-22-23(13-17)32-16-31-22/h1-6,8-11,13-14H,7,12,15-16H2/q+1/b18-14-. The summed E-state index contributed by atoms with van der Waals surface area (Å²) >= 11 is 0. The maximum Gasteiger partial charge on any atom is 0.281 e. The van der Waals surface area contributed by atoms with Crippen LogP contribution in [0.4, 0.5) is 0 Å². The number of fused-ring (bicyclic) bond motifs is 4. The Bertz CT molecular complexity index is 1420. The first-order valence-corrected chi connectivity index (χ1v) is 10.5. The summed E-state index contributed by atoms with van der Waals surface area (Å²) in [6.45, 7) is 1.51. The molecular formula is C25H20N3O4+. The zero-order valence-electron chi connectivity index (χ0n) is 17.2. The van der Waals surface area contributed by atoms with Crippen molar-refractivity contribution in [3.8, 4) is 17.2 Å². The van der Waals surface area contributed by atoms with Crippen LogP contribution in [-0.2, 0) is 13.2 Å². The van der Waals surface area contributed by atoms with Crippen LogP contribution < -0.4 is 24.3 Å². The molecule has 4 aromatic rings. The summed E-state index contributed by atoms with van der Waals surface area (Å²) in [4.78, 5) is 16.8. The molecule has 6 rings (SSSR count). The van der Waals surface area contributed by atoms with Gasteiger partial charge in [-0.15, -0.1) is 0 Å². The van der Waals surface area contributed by atoms with E-state index in [0.29, 0.717) is 12.0 Å². The van der Waals surface area contributed by atoms with Gasteiger partial charge in [0.2, 0.25) is 6.79 Å². The average Bonchev–Trinajstić information content (AvgIpc) is 3.46. The van der Waals surface area contributed by atoms with Crippen molar-refractivity contribution in [2.24, 2.45) is 0 Å². The van der Waals surface area contributed by atoms with E-state index < -0.39 is 0 Å². The smallest absolute Gasteiger partial charge is 0.281 e. The number of pyridine rings is 1. The first kappa shape index (κ1) is 18.6. The molecule has 0 saturated carbocycles. The van der Waals surface area contributed by atoms with Crippen LogP contribution in [0.5, 0.6) is 17.2 Å². The Kier molecular flexibility index (Phi) is 4.38. The van der Waals surface area contributed by atoms with Crippen molar-refractivity contribution in [1.29, 1.82) is 0 Å². The Morgan fingerprint density at radius 3 is 2.81 bits per heavy atom. The normalized spacial score (nSPS) is 15.3. The topological polar surface area (TPSA) is 66.5 Å². The van der Waals surface area contributed by atoms with E-state index in [0.717, 1.165) is 52.7 Å². The van der Waals surface area contributed by atoms with Gasteiger partial charge in [-0.25, -0.2) is 0 Å². The molecule has 0 spiro atoms. The van der Waals surface area contributed by atoms with E-state index in [9.17, 15) is 4.79 Å². The average molecular weight is 426 g/mol. The van der Waals surface area contributed by atoms with Crippen LogP contribution in [0, 0.1) is 0 Å². The van der Waals surface area contributed by atoms with Gasteiger partial charge in [0.15, 0.2) is 30.1 Å². The first-order valence-electron chi connectivity index (χ1n) is 10.5. The van der Waals surface area contributed by atoms with Gasteiger partial charge in [0.25, 0.3) is 5.56 Å². The van der Waals surface area contributed by atoms with Crippen LogP contribution in [-0.4, -0.2) is 16.3 Å². The molecule has 2 aliphatic heterocycles. The molecule has 4 heterocycles. The second kappa shape index (κ2) is 7.53. The molecule has 7 heteroatoms. The van der Waals surface area contributed by atoms with E-state index in [-0.39, 0.29) is 12.4 Å². The van der Waals surface area contributed by atoms with Gasteiger partial charge in [-0.3, -0.25) is 4.79 Å². The third-order valence-corrected chi connectivity index (χ3v) is 5.75. The zero-order chi connectivity index (χ0) is 21.5. The lowest BCUT2D eigenvalue weighted by molar-refractivity contribution is -0.567. The third-order valence-electron chi connectivity index (χ3n) is 5.75. The summed E-state index contributed by atoms with van der Waals surface area (Å²) in [6.07, 6.45) is 6.71. The molecular weight excluding hydrogens is 406 g/mol. The van der Waals surface area contributed by atoms with Gasteiger partial charge in [-0.05, 0) is 36.2 Å². The minimum atomic E-state index is -0.183. The molecule has 0 unspecified atom stereocenters. The fourth-order valence-corrected chi connectivity index (χ4v) is 4.14. The lowest BCUT2D eigenvalue weighted by Crippen LogP contribution is -2.25. The maximum atomic E-state index is 12.4. The number of hydrogen-bond acceptors (Lipinski definition) is 5. The number of benzene rings is 2. The number of rotatable bonds is 4. The Morgan fingerprint density at radius 1 is 1.06 bits per heavy atom. The minimum absolute atomic E-state index is 0.183. The third kappa shape index (κ3) is 3.28. The van der Waals surface area contributed by atoms with Gasteiger partial charge >= 0.3 is 0 Å². The van der Waals surface area contributed by atoms with E-state index in [1.165, 1.54) is 0 Å². The lowest BCUT2D eigenvalue weighted by Gasteiger charge is -2.07. The Morgan fingerprint density at radius 2 is 1.91 bits per heavy atom. The van der Waals surface area contributed by atoms with Crippen molar-refractivity contribution >= 4 is 22.7 Å². The highest BCUT2D eigenvalue weighted by Crippen LogP contribution is 2.32. The van der Waals surface area contributed by atoms with E-state index >= 15 is 0 Å². The van der Waals surface area contributed by atoms with Crippen LogP contribution in [0.25, 0.3) is 22.7 Å². The maximum absolute atomic E-state index is 12.4. The van der Waals surface area contributed by atoms with Gasteiger partial charge in [-0.2, -0.15) is 9.55 Å². The highest BCUT2D eigenvalue weighted by molar-refractivity contribution is 5.82. The molecule has 0 radical (unpaired) electrons. The fourth-order valence-electron chi connectivity index (χ4n) is 4.14. The summed E-state index contributed by atoms with van der Waals surface area (Å²) in [5.74, 6) is 3.02. The van der Waals surface area contributed by atoms with Crippen LogP contribution in [0.3, 0.4) is 0 Å². The first-order chi connectivity index (χ1) is 15.7. The minimum Gasteiger partial charge on any atom is -0.488 e. The number of ether oxygens (including phenoxy) is 3. The summed E-state index contributed by atoms with van der Waals surface area (Å²) < 4.78 is 20.7. The monoisotopic (exact) mass is 426 g/mol. The van der Waals surface area contributed by atoms with Crippen LogP contribution in [0.2, 0.25) is 0 Å². The summed E-state index contributed by atoms with van der Waals surface area (Å²) in [6, 6.07) is 17.3. The predicted octanol–water partition coefficient (Wildman–Crippen LogP) is 3.39. The van der Waals surface area contributed by atoms with Gasteiger partial charge in [-0.1, -0.05) is 18.2 Å². The van der Waals surface area contributed by atoms with E-state index in [1.807, 2.05) is 77.8 Å². The number of nitrogens with zero attached hydrogens (tertiary/aromatic N) is 3. The Labute approximate surface area is 183 Å². The van der Waals surface area contributed by atoms with Crippen molar-refractivity contribution in [3.63, 3.8) is 0 Å². The molecule has 0 N–H and O–H groups in total. The van der Waals surface area contributed by atoms with Crippen LogP contribution in [0.15, 0.2) is 71.8 Å². The summed E-state index contributed by atoms with van der Waals surface area (Å²) in [5.41, 5.74) is 2.80. The second-order valence-corrected chi connectivity index (χ2v) is 7.77. The van der Waals surface area contributed by atoms with Gasteiger partial charge in [0.05, 0.1) is 16.5 Å². The van der Waals surface area contributed by atoms with Gasteiger partial charge in [0, 0.05) is 18.7 Å². The number of hydrogen-bond donors (Lipinski definition) is 0. The van der Waals surface area contributed by atoms with Crippen molar-refractivity contribution in [3.05, 3.63) is 88.7 Å². The predicted molar refractivity (Wildman–Crippen MR) is 118 cm³/mol. The van der Waals surface area contributed by atoms with Crippen molar-refractivity contribution in [2.45, 2.75) is 19.6 Å². The SMILES string of the molecule is O=c1nc2n(c3ccccc13)CC/C2=C/[n+]1ccc(OCc2ccc3c(c2)OCO3)cc1. The number of aromatic nitrogens is 3. The Balaban J connectivity index is 1.20. The molecule has 0 atom stereocenters. The lowest BCUT2D eigenvalue weighted by atomic mass is 10.2. The molecule has 0 amide bonds. The molecule has 7 nitrogen and oxygen atoms in total. The van der Waals surface area contributed by atoms with Crippen molar-refractivity contribution in [1.82, 2.24) is 9.55 Å². The van der Waals surface area contributed by atoms with Crippen LogP contribution >= 0.6 is 0 Å². The quantitative estimate of drug-likeness (QED) is 0.468. The zero-order valence-corrected chi connectivity index (χ0v) is 17.2. The summed E-state index contributed by atoms with van der Waals surface area (Å²) in [7, 11) is 0. The Hall–Kier alpha value is -4.13. The molecule has 2 aliphatic rings. The fraction of sp³-hybridized carbons (Fsp3) is 0.160. The van der Waals surface area contributed by atoms with Crippen molar-refractivity contribution < 1.29 is 18.8 Å². The molecule has 0 saturated heterocycles. The molecule has 2 aromatic heterocycles. The number of aryl methyl sites for hydroxylation is 1. The number of para-hydroxylation sites is 1. The molecule has 158 valence electrons. The highest BCUT2D eigenvalue weighted by atomic mass is 16.7. The van der Waals surface area contributed by atoms with Gasteiger partial charge in [0.1, 0.15) is 18.2 Å². The van der Waals surface area contributed by atoms with E-state index in [4.69, 9.17) is 14.2 Å². The second-order valence-electron chi connectivity index (χ2n) is 7.77. The highest BCUT2D eigenvalue weighted by Gasteiger charge is 2.22. The van der Waals surface area contributed by atoms with Gasteiger partial charge < -0.3 is 18.8 Å². The molecule has 0 bridgehead atoms. The molecule has 2 aromatic carbocycles. The molecule has 0 fully saturated rings. The summed E-state index contributed by atoms with van der Waals surface area (Å²) in [5, 5.41) is 0.661. The number of allylic oxidation sites excluding steroid dienone is 1. The van der Waals surface area contributed by atoms with E-state index in [2.05, 4.69) is 9.55 Å². The largest absolute Gasteiger partial charge is 0.488 e. The van der Waals surface area contributed by atoms with Crippen molar-refractivity contribution in [2.75, 3.05) is 6.79 Å². The molecule has 32 heavy (non-hydrogen) atoms. The van der Waals surface area contributed by atoms with Crippen LogP contribution in [0.1, 0.15) is 17.8 Å².